The highest BCUT2D eigenvalue weighted by Gasteiger charge is 2.50. The number of fused-ring (bicyclic) bond motifs is 1. The maximum atomic E-state index is 12.6. The smallest absolute Gasteiger partial charge is 0.228 e. The summed E-state index contributed by atoms with van der Waals surface area (Å²) in [4.78, 5) is 12.6. The number of aromatic nitrogens is 2. The lowest BCUT2D eigenvalue weighted by Gasteiger charge is -2.26. The summed E-state index contributed by atoms with van der Waals surface area (Å²) in [6.07, 6.45) is 6.43. The molecule has 0 spiro atoms. The zero-order valence-electron chi connectivity index (χ0n) is 14.4. The Morgan fingerprint density at radius 2 is 2.36 bits per heavy atom. The molecule has 6 heteroatoms. The van der Waals surface area contributed by atoms with Gasteiger partial charge in [-0.05, 0) is 37.0 Å². The second kappa shape index (κ2) is 6.43. The normalized spacial score (nSPS) is 20.3. The van der Waals surface area contributed by atoms with Crippen LogP contribution in [-0.2, 0) is 17.8 Å². The van der Waals surface area contributed by atoms with E-state index >= 15 is 0 Å². The van der Waals surface area contributed by atoms with Crippen molar-refractivity contribution in [2.24, 2.45) is 11.3 Å². The Hall–Kier alpha value is -2.50. The summed E-state index contributed by atoms with van der Waals surface area (Å²) < 4.78 is 12.9. The maximum absolute atomic E-state index is 12.6. The van der Waals surface area contributed by atoms with E-state index in [0.29, 0.717) is 25.6 Å². The molecular formula is C19H23N3O3. The van der Waals surface area contributed by atoms with E-state index in [-0.39, 0.29) is 11.3 Å². The Bertz CT molecular complexity index is 753. The summed E-state index contributed by atoms with van der Waals surface area (Å²) in [6, 6.07) is 7.81. The molecule has 25 heavy (non-hydrogen) atoms. The number of rotatable bonds is 6. The first-order chi connectivity index (χ1) is 12.2. The first-order valence-electron chi connectivity index (χ1n) is 8.74. The molecule has 1 aromatic heterocycles. The number of ether oxygens (including phenoxy) is 2. The van der Waals surface area contributed by atoms with Crippen LogP contribution < -0.4 is 14.8 Å². The Balaban J connectivity index is 1.32. The van der Waals surface area contributed by atoms with Gasteiger partial charge in [0.25, 0.3) is 0 Å². The fourth-order valence-corrected chi connectivity index (χ4v) is 3.41. The number of nitrogens with one attached hydrogen (secondary N) is 1. The van der Waals surface area contributed by atoms with Gasteiger partial charge in [-0.15, -0.1) is 0 Å². The maximum Gasteiger partial charge on any atom is 0.228 e. The van der Waals surface area contributed by atoms with E-state index in [1.165, 1.54) is 5.56 Å². The third-order valence-electron chi connectivity index (χ3n) is 5.17. The largest absolute Gasteiger partial charge is 0.497 e. The zero-order chi connectivity index (χ0) is 17.3. The van der Waals surface area contributed by atoms with Crippen LogP contribution in [0.3, 0.4) is 0 Å². The monoisotopic (exact) mass is 341 g/mol. The van der Waals surface area contributed by atoms with Gasteiger partial charge < -0.3 is 14.8 Å². The van der Waals surface area contributed by atoms with Gasteiger partial charge in [0, 0.05) is 30.9 Å². The van der Waals surface area contributed by atoms with Crippen LogP contribution in [0.2, 0.25) is 0 Å². The van der Waals surface area contributed by atoms with Gasteiger partial charge in [-0.2, -0.15) is 5.10 Å². The number of amides is 1. The molecule has 1 aliphatic heterocycles. The highest BCUT2D eigenvalue weighted by atomic mass is 16.5. The highest BCUT2D eigenvalue weighted by Crippen LogP contribution is 2.47. The quantitative estimate of drug-likeness (QED) is 0.873. The van der Waals surface area contributed by atoms with Crippen molar-refractivity contribution in [2.45, 2.75) is 25.8 Å². The van der Waals surface area contributed by atoms with Crippen LogP contribution in [0.5, 0.6) is 11.5 Å². The van der Waals surface area contributed by atoms with E-state index in [0.717, 1.165) is 30.8 Å². The van der Waals surface area contributed by atoms with Crippen LogP contribution in [0.4, 0.5) is 0 Å². The van der Waals surface area contributed by atoms with E-state index in [1.54, 1.807) is 13.3 Å². The lowest BCUT2D eigenvalue weighted by Crippen LogP contribution is -2.40. The van der Waals surface area contributed by atoms with Gasteiger partial charge in [-0.25, -0.2) is 0 Å². The summed E-state index contributed by atoms with van der Waals surface area (Å²) in [5.41, 5.74) is 0.899. The molecule has 1 N–H and O–H groups in total. The molecule has 4 rings (SSSR count). The van der Waals surface area contributed by atoms with Crippen molar-refractivity contribution in [3.8, 4) is 11.5 Å². The van der Waals surface area contributed by atoms with Crippen molar-refractivity contribution in [3.63, 3.8) is 0 Å². The van der Waals surface area contributed by atoms with Gasteiger partial charge >= 0.3 is 0 Å². The second-order valence-electron chi connectivity index (χ2n) is 7.05. The van der Waals surface area contributed by atoms with Crippen LogP contribution in [0.1, 0.15) is 18.4 Å². The van der Waals surface area contributed by atoms with Gasteiger partial charge in [-0.1, -0.05) is 6.07 Å². The Morgan fingerprint density at radius 1 is 1.48 bits per heavy atom. The molecule has 2 aromatic rings. The van der Waals surface area contributed by atoms with Crippen LogP contribution in [-0.4, -0.2) is 35.9 Å². The first-order valence-corrected chi connectivity index (χ1v) is 8.74. The van der Waals surface area contributed by atoms with E-state index in [1.807, 2.05) is 35.1 Å². The average Bonchev–Trinajstić information content (AvgIpc) is 3.25. The molecule has 1 aromatic carbocycles. The van der Waals surface area contributed by atoms with Gasteiger partial charge in [0.15, 0.2) is 0 Å². The highest BCUT2D eigenvalue weighted by molar-refractivity contribution is 5.85. The van der Waals surface area contributed by atoms with E-state index in [4.69, 9.17) is 9.47 Å². The Kier molecular flexibility index (Phi) is 4.11. The lowest BCUT2D eigenvalue weighted by molar-refractivity contribution is -0.127. The molecule has 0 bridgehead atoms. The number of methoxy groups -OCH3 is 1. The molecule has 1 unspecified atom stereocenters. The van der Waals surface area contributed by atoms with Crippen LogP contribution in [0.15, 0.2) is 36.7 Å². The molecule has 1 fully saturated rings. The molecule has 1 saturated carbocycles. The van der Waals surface area contributed by atoms with Gasteiger partial charge in [0.2, 0.25) is 5.91 Å². The van der Waals surface area contributed by atoms with Gasteiger partial charge in [0.05, 0.1) is 25.7 Å². The predicted molar refractivity (Wildman–Crippen MR) is 92.6 cm³/mol. The minimum atomic E-state index is -0.271. The summed E-state index contributed by atoms with van der Waals surface area (Å²) in [5, 5.41) is 7.36. The summed E-state index contributed by atoms with van der Waals surface area (Å²) in [5.74, 6) is 2.13. The zero-order valence-corrected chi connectivity index (χ0v) is 14.4. The third kappa shape index (κ3) is 3.34. The number of benzene rings is 1. The van der Waals surface area contributed by atoms with Crippen molar-refractivity contribution in [1.82, 2.24) is 15.1 Å². The van der Waals surface area contributed by atoms with E-state index in [2.05, 4.69) is 10.4 Å². The molecule has 1 amide bonds. The molecule has 6 nitrogen and oxygen atoms in total. The molecule has 1 atom stereocenters. The molecule has 1 aliphatic carbocycles. The van der Waals surface area contributed by atoms with Gasteiger partial charge in [-0.3, -0.25) is 9.48 Å². The molecule has 2 aliphatic rings. The third-order valence-corrected chi connectivity index (χ3v) is 5.17. The summed E-state index contributed by atoms with van der Waals surface area (Å²) in [6.45, 7) is 1.92. The van der Waals surface area contributed by atoms with Crippen LogP contribution in [0, 0.1) is 11.3 Å². The van der Waals surface area contributed by atoms with Crippen molar-refractivity contribution < 1.29 is 14.3 Å². The standard InChI is InChI=1S/C19H23N3O3/c1-24-16-4-3-15-9-14(12-25-17(15)10-16)11-20-18(23)19(5-6-19)13-22-8-2-7-21-22/h2-4,7-8,10,14H,5-6,9,11-13H2,1H3,(H,20,23). The number of nitrogens with zero attached hydrogens (tertiary/aromatic N) is 2. The van der Waals surface area contributed by atoms with Gasteiger partial charge in [0.1, 0.15) is 11.5 Å². The van der Waals surface area contributed by atoms with Crippen molar-refractivity contribution in [3.05, 3.63) is 42.2 Å². The fourth-order valence-electron chi connectivity index (χ4n) is 3.41. The lowest BCUT2D eigenvalue weighted by atomic mass is 9.96. The van der Waals surface area contributed by atoms with Crippen LogP contribution in [0.25, 0.3) is 0 Å². The summed E-state index contributed by atoms with van der Waals surface area (Å²) in [7, 11) is 1.65. The van der Waals surface area contributed by atoms with Crippen molar-refractivity contribution in [2.75, 3.05) is 20.3 Å². The Labute approximate surface area is 147 Å². The Morgan fingerprint density at radius 3 is 3.08 bits per heavy atom. The SMILES string of the molecule is COc1ccc2c(c1)OCC(CNC(=O)C1(Cn3cccn3)CC1)C2. The van der Waals surface area contributed by atoms with E-state index in [9.17, 15) is 4.79 Å². The summed E-state index contributed by atoms with van der Waals surface area (Å²) >= 11 is 0. The van der Waals surface area contributed by atoms with Crippen LogP contribution >= 0.6 is 0 Å². The number of carbonyl (C=O) groups excluding carboxylic acids is 1. The fraction of sp³-hybridized carbons (Fsp3) is 0.474. The molecule has 0 radical (unpaired) electrons. The molecular weight excluding hydrogens is 318 g/mol. The predicted octanol–water partition coefficient (Wildman–Crippen LogP) is 2.04. The molecule has 0 saturated heterocycles. The number of hydrogen-bond donors (Lipinski definition) is 1. The number of carbonyl (C=O) groups is 1. The minimum absolute atomic E-state index is 0.142. The van der Waals surface area contributed by atoms with Crippen molar-refractivity contribution in [1.29, 1.82) is 0 Å². The topological polar surface area (TPSA) is 65.4 Å². The van der Waals surface area contributed by atoms with E-state index < -0.39 is 0 Å². The second-order valence-corrected chi connectivity index (χ2v) is 7.05. The molecule has 132 valence electrons. The molecule has 2 heterocycles. The number of hydrogen-bond acceptors (Lipinski definition) is 4. The van der Waals surface area contributed by atoms with Crippen molar-refractivity contribution >= 4 is 5.91 Å². The minimum Gasteiger partial charge on any atom is -0.497 e. The average molecular weight is 341 g/mol. The first kappa shape index (κ1) is 16.0.